The van der Waals surface area contributed by atoms with Crippen molar-refractivity contribution in [3.8, 4) is 11.5 Å². The summed E-state index contributed by atoms with van der Waals surface area (Å²) in [5.74, 6) is 0.721. The second kappa shape index (κ2) is 13.2. The number of anilines is 2. The van der Waals surface area contributed by atoms with Crippen molar-refractivity contribution in [3.05, 3.63) is 119 Å². The maximum atomic E-state index is 13.0. The number of hydrogen-bond donors (Lipinski definition) is 3. The van der Waals surface area contributed by atoms with E-state index in [1.807, 2.05) is 62.4 Å². The fourth-order valence-corrected chi connectivity index (χ4v) is 3.88. The van der Waals surface area contributed by atoms with E-state index in [1.54, 1.807) is 48.5 Å². The van der Waals surface area contributed by atoms with Gasteiger partial charge in [0.05, 0.1) is 11.3 Å². The molecule has 2 amide bonds. The number of rotatable bonds is 9. The van der Waals surface area contributed by atoms with E-state index >= 15 is 0 Å². The third-order valence-electron chi connectivity index (χ3n) is 5.89. The minimum Gasteiger partial charge on any atom is -0.490 e. The molecule has 8 heteroatoms. The van der Waals surface area contributed by atoms with Gasteiger partial charge in [0.15, 0.2) is 5.11 Å². The molecule has 4 aromatic carbocycles. The topological polar surface area (TPSA) is 88.7 Å². The van der Waals surface area contributed by atoms with Crippen molar-refractivity contribution < 1.29 is 19.1 Å². The lowest BCUT2D eigenvalue weighted by atomic mass is 10.1. The van der Waals surface area contributed by atoms with Gasteiger partial charge in [-0.1, -0.05) is 36.4 Å². The van der Waals surface area contributed by atoms with Crippen LogP contribution in [0.2, 0.25) is 0 Å². The quantitative estimate of drug-likeness (QED) is 0.175. The highest BCUT2D eigenvalue weighted by Crippen LogP contribution is 2.20. The Labute approximate surface area is 233 Å². The number of aryl methyl sites for hydroxylation is 2. The van der Waals surface area contributed by atoms with Crippen molar-refractivity contribution in [2.24, 2.45) is 0 Å². The van der Waals surface area contributed by atoms with Gasteiger partial charge in [0.1, 0.15) is 24.7 Å². The van der Waals surface area contributed by atoms with Crippen molar-refractivity contribution in [1.29, 1.82) is 0 Å². The number of para-hydroxylation sites is 2. The Bertz CT molecular complexity index is 1460. The number of amides is 2. The molecule has 0 aliphatic heterocycles. The predicted octanol–water partition coefficient (Wildman–Crippen LogP) is 6.14. The molecule has 0 aliphatic carbocycles. The third kappa shape index (κ3) is 7.90. The second-order valence-electron chi connectivity index (χ2n) is 8.74. The molecule has 7 nitrogen and oxygen atoms in total. The van der Waals surface area contributed by atoms with Gasteiger partial charge in [-0.2, -0.15) is 0 Å². The minimum absolute atomic E-state index is 0.0739. The molecule has 0 saturated carbocycles. The first kappa shape index (κ1) is 27.3. The molecule has 0 radical (unpaired) electrons. The highest BCUT2D eigenvalue weighted by atomic mass is 32.1. The standard InChI is InChI=1S/C31H29N3O4S/c1-21-12-15-24(20-22(21)2)32-30(36)27-10-6-7-11-28(27)33-31(39)34-29(35)23-13-16-26(17-14-23)38-19-18-37-25-8-4-3-5-9-25/h3-17,20H,18-19H2,1-2H3,(H,32,36)(H2,33,34,35,39). The highest BCUT2D eigenvalue weighted by molar-refractivity contribution is 7.80. The Balaban J connectivity index is 1.29. The zero-order valence-corrected chi connectivity index (χ0v) is 22.5. The number of benzene rings is 4. The normalized spacial score (nSPS) is 10.3. The number of nitrogens with one attached hydrogen (secondary N) is 3. The Morgan fingerprint density at radius 3 is 2.03 bits per heavy atom. The van der Waals surface area contributed by atoms with E-state index in [0.717, 1.165) is 16.9 Å². The molecule has 0 aromatic heterocycles. The molecule has 0 aliphatic rings. The van der Waals surface area contributed by atoms with E-state index in [1.165, 1.54) is 0 Å². The fourth-order valence-electron chi connectivity index (χ4n) is 3.67. The third-order valence-corrected chi connectivity index (χ3v) is 6.10. The molecule has 0 bridgehead atoms. The average Bonchev–Trinajstić information content (AvgIpc) is 2.94. The number of hydrogen-bond acceptors (Lipinski definition) is 5. The van der Waals surface area contributed by atoms with Crippen LogP contribution in [0, 0.1) is 13.8 Å². The first-order chi connectivity index (χ1) is 18.9. The molecule has 0 unspecified atom stereocenters. The summed E-state index contributed by atoms with van der Waals surface area (Å²) in [4.78, 5) is 25.7. The summed E-state index contributed by atoms with van der Waals surface area (Å²) >= 11 is 5.34. The Morgan fingerprint density at radius 1 is 0.692 bits per heavy atom. The summed E-state index contributed by atoms with van der Waals surface area (Å²) < 4.78 is 11.3. The molecule has 0 saturated heterocycles. The van der Waals surface area contributed by atoms with Crippen molar-refractivity contribution >= 4 is 40.5 Å². The highest BCUT2D eigenvalue weighted by Gasteiger charge is 2.14. The van der Waals surface area contributed by atoms with E-state index in [9.17, 15) is 9.59 Å². The summed E-state index contributed by atoms with van der Waals surface area (Å²) in [7, 11) is 0. The summed E-state index contributed by atoms with van der Waals surface area (Å²) in [6.45, 7) is 4.77. The molecule has 4 rings (SSSR count). The first-order valence-electron chi connectivity index (χ1n) is 12.4. The zero-order chi connectivity index (χ0) is 27.6. The maximum Gasteiger partial charge on any atom is 0.257 e. The van der Waals surface area contributed by atoms with Gasteiger partial charge in [-0.25, -0.2) is 0 Å². The van der Waals surface area contributed by atoms with E-state index < -0.39 is 0 Å². The van der Waals surface area contributed by atoms with E-state index in [0.29, 0.717) is 41.5 Å². The van der Waals surface area contributed by atoms with E-state index in [4.69, 9.17) is 21.7 Å². The van der Waals surface area contributed by atoms with Crippen molar-refractivity contribution in [2.75, 3.05) is 23.8 Å². The molecule has 0 heterocycles. The summed E-state index contributed by atoms with van der Waals surface area (Å²) in [5, 5.41) is 8.59. The van der Waals surface area contributed by atoms with Crippen molar-refractivity contribution in [1.82, 2.24) is 5.32 Å². The van der Waals surface area contributed by atoms with Gasteiger partial charge in [0, 0.05) is 11.3 Å². The lowest BCUT2D eigenvalue weighted by molar-refractivity contribution is 0.0976. The monoisotopic (exact) mass is 539 g/mol. The van der Waals surface area contributed by atoms with Gasteiger partial charge in [0.25, 0.3) is 11.8 Å². The molecule has 4 aromatic rings. The van der Waals surface area contributed by atoms with Crippen molar-refractivity contribution in [3.63, 3.8) is 0 Å². The van der Waals surface area contributed by atoms with Gasteiger partial charge in [-0.05, 0) is 97.9 Å². The molecule has 0 fully saturated rings. The lowest BCUT2D eigenvalue weighted by Gasteiger charge is -2.14. The molecule has 0 atom stereocenters. The van der Waals surface area contributed by atoms with Gasteiger partial charge in [-0.15, -0.1) is 0 Å². The van der Waals surface area contributed by atoms with E-state index in [-0.39, 0.29) is 16.9 Å². The smallest absolute Gasteiger partial charge is 0.257 e. The number of carbonyl (C=O) groups excluding carboxylic acids is 2. The molecule has 198 valence electrons. The average molecular weight is 540 g/mol. The van der Waals surface area contributed by atoms with Crippen LogP contribution in [0.5, 0.6) is 11.5 Å². The number of thiocarbonyl (C=S) groups is 1. The Hall–Kier alpha value is -4.69. The van der Waals surface area contributed by atoms with Crippen LogP contribution in [-0.4, -0.2) is 30.1 Å². The SMILES string of the molecule is Cc1ccc(NC(=O)c2ccccc2NC(=S)NC(=O)c2ccc(OCCOc3ccccc3)cc2)cc1C. The van der Waals surface area contributed by atoms with Gasteiger partial charge in [-0.3, -0.25) is 14.9 Å². The van der Waals surface area contributed by atoms with Gasteiger partial charge < -0.3 is 20.1 Å². The predicted molar refractivity (Wildman–Crippen MR) is 158 cm³/mol. The van der Waals surface area contributed by atoms with Crippen LogP contribution in [0.15, 0.2) is 97.1 Å². The summed E-state index contributed by atoms with van der Waals surface area (Å²) in [5.41, 5.74) is 4.21. The van der Waals surface area contributed by atoms with Crippen LogP contribution < -0.4 is 25.4 Å². The van der Waals surface area contributed by atoms with Crippen LogP contribution in [0.1, 0.15) is 31.8 Å². The second-order valence-corrected chi connectivity index (χ2v) is 9.15. The maximum absolute atomic E-state index is 13.0. The zero-order valence-electron chi connectivity index (χ0n) is 21.7. The lowest BCUT2D eigenvalue weighted by Crippen LogP contribution is -2.34. The van der Waals surface area contributed by atoms with Gasteiger partial charge in [0.2, 0.25) is 0 Å². The van der Waals surface area contributed by atoms with Crippen LogP contribution in [0.25, 0.3) is 0 Å². The molecular formula is C31H29N3O4S. The number of ether oxygens (including phenoxy) is 2. The minimum atomic E-state index is -0.386. The van der Waals surface area contributed by atoms with Crippen LogP contribution in [0.3, 0.4) is 0 Å². The van der Waals surface area contributed by atoms with Gasteiger partial charge >= 0.3 is 0 Å². The van der Waals surface area contributed by atoms with Crippen LogP contribution in [0.4, 0.5) is 11.4 Å². The molecule has 0 spiro atoms. The summed E-state index contributed by atoms with van der Waals surface area (Å²) in [6.07, 6.45) is 0. The Kier molecular flexibility index (Phi) is 9.26. The molecule has 39 heavy (non-hydrogen) atoms. The van der Waals surface area contributed by atoms with E-state index in [2.05, 4.69) is 16.0 Å². The first-order valence-corrected chi connectivity index (χ1v) is 12.8. The fraction of sp³-hybridized carbons (Fsp3) is 0.129. The summed E-state index contributed by atoms with van der Waals surface area (Å²) in [6, 6.07) is 28.9. The largest absolute Gasteiger partial charge is 0.490 e. The molecular weight excluding hydrogens is 510 g/mol. The van der Waals surface area contributed by atoms with Crippen LogP contribution in [-0.2, 0) is 0 Å². The van der Waals surface area contributed by atoms with Crippen LogP contribution >= 0.6 is 12.2 Å². The Morgan fingerprint density at radius 2 is 1.33 bits per heavy atom. The molecule has 3 N–H and O–H groups in total. The number of carbonyl (C=O) groups is 2. The van der Waals surface area contributed by atoms with Crippen molar-refractivity contribution in [2.45, 2.75) is 13.8 Å².